The van der Waals surface area contributed by atoms with Gasteiger partial charge in [0, 0.05) is 12.1 Å². The summed E-state index contributed by atoms with van der Waals surface area (Å²) in [6.07, 6.45) is 4.78. The van der Waals surface area contributed by atoms with Crippen LogP contribution in [0.4, 0.5) is 5.69 Å². The Kier molecular flexibility index (Phi) is 3.93. The third-order valence-electron chi connectivity index (χ3n) is 4.48. The second-order valence-electron chi connectivity index (χ2n) is 5.91. The molecule has 6 nitrogen and oxygen atoms in total. The number of rotatable bonds is 3. The number of nitrogens with zero attached hydrogens (tertiary/aromatic N) is 1. The monoisotopic (exact) mass is 292 g/mol. The lowest BCUT2D eigenvalue weighted by molar-refractivity contribution is -0.384. The van der Waals surface area contributed by atoms with Gasteiger partial charge < -0.3 is 9.84 Å². The Morgan fingerprint density at radius 3 is 2.57 bits per heavy atom. The Morgan fingerprint density at radius 2 is 1.95 bits per heavy atom. The predicted molar refractivity (Wildman–Crippen MR) is 76.7 cm³/mol. The molecule has 1 saturated carbocycles. The molecule has 0 aromatic heterocycles. The van der Waals surface area contributed by atoms with Crippen molar-refractivity contribution in [3.05, 3.63) is 39.9 Å². The van der Waals surface area contributed by atoms with Gasteiger partial charge in [0.05, 0.1) is 23.7 Å². The molecule has 1 aromatic rings. The van der Waals surface area contributed by atoms with Gasteiger partial charge in [-0.2, -0.15) is 0 Å². The van der Waals surface area contributed by atoms with Crippen LogP contribution in [0, 0.1) is 10.1 Å². The Labute approximate surface area is 123 Å². The van der Waals surface area contributed by atoms with Crippen molar-refractivity contribution in [2.24, 2.45) is 0 Å². The normalized spacial score (nSPS) is 25.9. The third-order valence-corrected chi connectivity index (χ3v) is 4.48. The van der Waals surface area contributed by atoms with Gasteiger partial charge >= 0.3 is 0 Å². The third kappa shape index (κ3) is 2.92. The van der Waals surface area contributed by atoms with E-state index in [4.69, 9.17) is 4.74 Å². The van der Waals surface area contributed by atoms with E-state index in [1.165, 1.54) is 18.6 Å². The summed E-state index contributed by atoms with van der Waals surface area (Å²) < 4.78 is 5.92. The highest BCUT2D eigenvalue weighted by Crippen LogP contribution is 2.35. The van der Waals surface area contributed by atoms with Crippen molar-refractivity contribution >= 4 is 5.69 Å². The van der Waals surface area contributed by atoms with Gasteiger partial charge in [-0.3, -0.25) is 15.4 Å². The fourth-order valence-corrected chi connectivity index (χ4v) is 3.28. The van der Waals surface area contributed by atoms with Gasteiger partial charge in [-0.15, -0.1) is 0 Å². The molecule has 1 spiro atoms. The first-order chi connectivity index (χ1) is 10.1. The molecular formula is C15H20N2O4. The Hall–Kier alpha value is -1.50. The van der Waals surface area contributed by atoms with Crippen molar-refractivity contribution in [3.8, 4) is 0 Å². The summed E-state index contributed by atoms with van der Waals surface area (Å²) in [5.74, 6) is 0. The van der Waals surface area contributed by atoms with Crippen molar-refractivity contribution in [2.75, 3.05) is 6.61 Å². The van der Waals surface area contributed by atoms with Crippen LogP contribution in [-0.2, 0) is 4.74 Å². The van der Waals surface area contributed by atoms with Crippen LogP contribution in [0.3, 0.4) is 0 Å². The van der Waals surface area contributed by atoms with Crippen LogP contribution in [0.1, 0.15) is 43.8 Å². The molecule has 1 aliphatic carbocycles. The molecule has 2 aliphatic rings. The zero-order chi connectivity index (χ0) is 14.9. The van der Waals surface area contributed by atoms with Gasteiger partial charge in [0.15, 0.2) is 0 Å². The van der Waals surface area contributed by atoms with Crippen molar-refractivity contribution in [1.82, 2.24) is 5.32 Å². The lowest BCUT2D eigenvalue weighted by Crippen LogP contribution is -2.47. The highest BCUT2D eigenvalue weighted by Gasteiger charge is 2.42. The van der Waals surface area contributed by atoms with Gasteiger partial charge in [-0.05, 0) is 43.4 Å². The maximum Gasteiger partial charge on any atom is 0.269 e. The minimum atomic E-state index is -0.716. The van der Waals surface area contributed by atoms with Gasteiger partial charge in [0.1, 0.15) is 5.72 Å². The first-order valence-electron chi connectivity index (χ1n) is 7.44. The SMILES string of the molecule is O=[N+]([O-])c1ccc([C@H](O)[C@@H]2COC3(CCCCC3)N2)cc1. The topological polar surface area (TPSA) is 84.6 Å². The van der Waals surface area contributed by atoms with Crippen LogP contribution < -0.4 is 5.32 Å². The molecule has 3 rings (SSSR count). The van der Waals surface area contributed by atoms with E-state index in [1.807, 2.05) is 0 Å². The van der Waals surface area contributed by atoms with Crippen LogP contribution in [0.25, 0.3) is 0 Å². The van der Waals surface area contributed by atoms with Crippen molar-refractivity contribution < 1.29 is 14.8 Å². The average Bonchev–Trinajstić information content (AvgIpc) is 2.91. The lowest BCUT2D eigenvalue weighted by atomic mass is 9.91. The Balaban J connectivity index is 1.68. The number of nitrogens with one attached hydrogen (secondary N) is 1. The van der Waals surface area contributed by atoms with Gasteiger partial charge in [-0.25, -0.2) is 0 Å². The molecule has 2 atom stereocenters. The van der Waals surface area contributed by atoms with Gasteiger partial charge in [-0.1, -0.05) is 6.42 Å². The molecule has 6 heteroatoms. The zero-order valence-corrected chi connectivity index (χ0v) is 11.8. The minimum absolute atomic E-state index is 0.0327. The average molecular weight is 292 g/mol. The van der Waals surface area contributed by atoms with Crippen LogP contribution in [0.15, 0.2) is 24.3 Å². The number of ether oxygens (including phenoxy) is 1. The maximum absolute atomic E-state index is 10.7. The van der Waals surface area contributed by atoms with Crippen LogP contribution in [0.2, 0.25) is 0 Å². The molecule has 1 aliphatic heterocycles. The highest BCUT2D eigenvalue weighted by atomic mass is 16.6. The molecule has 1 heterocycles. The fraction of sp³-hybridized carbons (Fsp3) is 0.600. The van der Waals surface area contributed by atoms with Crippen LogP contribution >= 0.6 is 0 Å². The Morgan fingerprint density at radius 1 is 1.29 bits per heavy atom. The number of hydrogen-bond acceptors (Lipinski definition) is 5. The summed E-state index contributed by atoms with van der Waals surface area (Å²) in [5.41, 5.74) is 0.435. The molecule has 0 unspecified atom stereocenters. The molecule has 21 heavy (non-hydrogen) atoms. The summed E-state index contributed by atoms with van der Waals surface area (Å²) in [6, 6.07) is 5.90. The van der Waals surface area contributed by atoms with Crippen molar-refractivity contribution in [3.63, 3.8) is 0 Å². The van der Waals surface area contributed by atoms with E-state index in [2.05, 4.69) is 5.32 Å². The number of aliphatic hydroxyl groups excluding tert-OH is 1. The number of aliphatic hydroxyl groups is 1. The molecule has 2 N–H and O–H groups in total. The van der Waals surface area contributed by atoms with Crippen LogP contribution in [-0.4, -0.2) is 28.4 Å². The van der Waals surface area contributed by atoms with Crippen LogP contribution in [0.5, 0.6) is 0 Å². The van der Waals surface area contributed by atoms with E-state index in [0.29, 0.717) is 12.2 Å². The molecule has 1 saturated heterocycles. The van der Waals surface area contributed by atoms with Gasteiger partial charge in [0.25, 0.3) is 5.69 Å². The van der Waals surface area contributed by atoms with Crippen molar-refractivity contribution in [2.45, 2.75) is 50.0 Å². The standard InChI is InChI=1S/C15H20N2O4/c18-14(11-4-6-12(7-5-11)17(19)20)13-10-21-15(16-13)8-2-1-3-9-15/h4-7,13-14,16,18H,1-3,8-10H2/t13-,14-/m0/s1. The second-order valence-corrected chi connectivity index (χ2v) is 5.91. The zero-order valence-electron chi connectivity index (χ0n) is 11.8. The number of hydrogen-bond donors (Lipinski definition) is 2. The predicted octanol–water partition coefficient (Wildman–Crippen LogP) is 2.28. The van der Waals surface area contributed by atoms with E-state index in [1.54, 1.807) is 12.1 Å². The molecule has 0 amide bonds. The summed E-state index contributed by atoms with van der Waals surface area (Å²) in [4.78, 5) is 10.2. The highest BCUT2D eigenvalue weighted by molar-refractivity contribution is 5.34. The summed E-state index contributed by atoms with van der Waals surface area (Å²) in [6.45, 7) is 0.470. The second kappa shape index (κ2) is 5.71. The molecular weight excluding hydrogens is 272 g/mol. The number of non-ortho nitro benzene ring substituents is 1. The fourth-order valence-electron chi connectivity index (χ4n) is 3.28. The number of nitro groups is 1. The van der Waals surface area contributed by atoms with E-state index >= 15 is 0 Å². The van der Waals surface area contributed by atoms with E-state index < -0.39 is 11.0 Å². The maximum atomic E-state index is 10.7. The first-order valence-corrected chi connectivity index (χ1v) is 7.44. The molecule has 1 aromatic carbocycles. The summed E-state index contributed by atoms with van der Waals surface area (Å²) >= 11 is 0. The Bertz CT molecular complexity index is 511. The number of benzene rings is 1. The van der Waals surface area contributed by atoms with E-state index in [0.717, 1.165) is 25.7 Å². The summed E-state index contributed by atoms with van der Waals surface area (Å²) in [5, 5.41) is 24.5. The van der Waals surface area contributed by atoms with E-state index in [9.17, 15) is 15.2 Å². The minimum Gasteiger partial charge on any atom is -0.387 e. The largest absolute Gasteiger partial charge is 0.387 e. The summed E-state index contributed by atoms with van der Waals surface area (Å²) in [7, 11) is 0. The first kappa shape index (κ1) is 14.4. The quantitative estimate of drug-likeness (QED) is 0.659. The van der Waals surface area contributed by atoms with Crippen molar-refractivity contribution in [1.29, 1.82) is 0 Å². The molecule has 114 valence electrons. The lowest BCUT2D eigenvalue weighted by Gasteiger charge is -2.33. The molecule has 0 bridgehead atoms. The number of nitro benzene ring substituents is 1. The molecule has 2 fully saturated rings. The van der Waals surface area contributed by atoms with Gasteiger partial charge in [0.2, 0.25) is 0 Å². The molecule has 0 radical (unpaired) electrons. The smallest absolute Gasteiger partial charge is 0.269 e. The van der Waals surface area contributed by atoms with E-state index in [-0.39, 0.29) is 17.5 Å².